The minimum atomic E-state index is -0.711. The van der Waals surface area contributed by atoms with Crippen LogP contribution < -0.4 is 5.32 Å². The third kappa shape index (κ3) is 5.19. The lowest BCUT2D eigenvalue weighted by Crippen LogP contribution is -2.17. The molecule has 1 amide bonds. The summed E-state index contributed by atoms with van der Waals surface area (Å²) < 4.78 is 5.12. The molecule has 3 rings (SSSR count). The standard InChI is InChI=1S/C21H18ClN3O5S/c1-3-30-21(29)18-17(19(28)23-13-6-4-12(22)5-7-13)11(2)31-20(18)25-24-15-9-8-14(26)10-16(15)27/h4-10,26-27H,3H2,1-2H3,(H,23,28). The Morgan fingerprint density at radius 1 is 1.10 bits per heavy atom. The Bertz CT molecular complexity index is 1160. The van der Waals surface area contributed by atoms with Gasteiger partial charge in [-0.25, -0.2) is 4.79 Å². The van der Waals surface area contributed by atoms with Gasteiger partial charge in [-0.3, -0.25) is 4.79 Å². The molecule has 1 heterocycles. The van der Waals surface area contributed by atoms with E-state index >= 15 is 0 Å². The van der Waals surface area contributed by atoms with Crippen molar-refractivity contribution in [2.45, 2.75) is 13.8 Å². The van der Waals surface area contributed by atoms with Crippen LogP contribution in [-0.4, -0.2) is 28.7 Å². The molecule has 0 aliphatic heterocycles. The van der Waals surface area contributed by atoms with E-state index in [4.69, 9.17) is 16.3 Å². The number of phenols is 2. The number of hydrogen-bond acceptors (Lipinski definition) is 8. The van der Waals surface area contributed by atoms with E-state index in [1.165, 1.54) is 12.1 Å². The topological polar surface area (TPSA) is 121 Å². The van der Waals surface area contributed by atoms with E-state index in [1.54, 1.807) is 38.1 Å². The quantitative estimate of drug-likeness (QED) is 0.310. The molecule has 31 heavy (non-hydrogen) atoms. The Labute approximate surface area is 186 Å². The number of hydrogen-bond donors (Lipinski definition) is 3. The molecule has 3 aromatic rings. The summed E-state index contributed by atoms with van der Waals surface area (Å²) in [6.07, 6.45) is 0. The van der Waals surface area contributed by atoms with Gasteiger partial charge in [0.15, 0.2) is 5.00 Å². The van der Waals surface area contributed by atoms with Crippen LogP contribution in [0.1, 0.15) is 32.5 Å². The third-order valence-corrected chi connectivity index (χ3v) is 5.32. The number of nitrogens with one attached hydrogen (secondary N) is 1. The molecular formula is C21H18ClN3O5S. The van der Waals surface area contributed by atoms with Gasteiger partial charge in [-0.05, 0) is 50.2 Å². The Morgan fingerprint density at radius 2 is 1.81 bits per heavy atom. The van der Waals surface area contributed by atoms with E-state index in [1.807, 2.05) is 0 Å². The minimum absolute atomic E-state index is 0.0159. The number of rotatable bonds is 6. The number of aryl methyl sites for hydroxylation is 1. The fourth-order valence-corrected chi connectivity index (χ4v) is 3.77. The molecule has 0 aliphatic rings. The number of carbonyl (C=O) groups is 2. The fraction of sp³-hybridized carbons (Fsp3) is 0.143. The predicted molar refractivity (Wildman–Crippen MR) is 118 cm³/mol. The van der Waals surface area contributed by atoms with Crippen LogP contribution in [0.3, 0.4) is 0 Å². The van der Waals surface area contributed by atoms with Gasteiger partial charge >= 0.3 is 5.97 Å². The highest BCUT2D eigenvalue weighted by Crippen LogP contribution is 2.39. The van der Waals surface area contributed by atoms with Gasteiger partial charge in [-0.2, -0.15) is 0 Å². The van der Waals surface area contributed by atoms with Gasteiger partial charge in [0.05, 0.1) is 12.2 Å². The number of aromatic hydroxyl groups is 2. The molecule has 8 nitrogen and oxygen atoms in total. The lowest BCUT2D eigenvalue weighted by atomic mass is 10.1. The fourth-order valence-electron chi connectivity index (χ4n) is 2.69. The van der Waals surface area contributed by atoms with Gasteiger partial charge in [0, 0.05) is 21.7 Å². The highest BCUT2D eigenvalue weighted by Gasteiger charge is 2.28. The van der Waals surface area contributed by atoms with Crippen LogP contribution in [0.5, 0.6) is 11.5 Å². The molecule has 2 aromatic carbocycles. The van der Waals surface area contributed by atoms with Crippen molar-refractivity contribution in [2.75, 3.05) is 11.9 Å². The molecule has 10 heteroatoms. The molecule has 0 saturated heterocycles. The summed E-state index contributed by atoms with van der Waals surface area (Å²) in [5.74, 6) is -1.63. The van der Waals surface area contributed by atoms with Crippen molar-refractivity contribution < 1.29 is 24.5 Å². The van der Waals surface area contributed by atoms with Crippen molar-refractivity contribution >= 4 is 51.2 Å². The summed E-state index contributed by atoms with van der Waals surface area (Å²) in [7, 11) is 0. The number of azo groups is 1. The molecule has 1 aromatic heterocycles. The monoisotopic (exact) mass is 459 g/mol. The average molecular weight is 460 g/mol. The van der Waals surface area contributed by atoms with E-state index in [0.29, 0.717) is 15.6 Å². The summed E-state index contributed by atoms with van der Waals surface area (Å²) in [6, 6.07) is 10.4. The molecule has 0 radical (unpaired) electrons. The SMILES string of the molecule is CCOC(=O)c1c(N=Nc2ccc(O)cc2O)sc(C)c1C(=O)Nc1ccc(Cl)cc1. The molecule has 0 saturated carbocycles. The van der Waals surface area contributed by atoms with Crippen molar-refractivity contribution in [3.63, 3.8) is 0 Å². The van der Waals surface area contributed by atoms with Crippen molar-refractivity contribution in [1.29, 1.82) is 0 Å². The van der Waals surface area contributed by atoms with Crippen molar-refractivity contribution in [3.8, 4) is 11.5 Å². The first-order valence-electron chi connectivity index (χ1n) is 9.11. The largest absolute Gasteiger partial charge is 0.508 e. The highest BCUT2D eigenvalue weighted by atomic mass is 35.5. The molecule has 0 spiro atoms. The van der Waals surface area contributed by atoms with E-state index in [0.717, 1.165) is 17.4 Å². The first-order chi connectivity index (χ1) is 14.8. The number of phenolic OH excluding ortho intramolecular Hbond substituents is 2. The summed E-state index contributed by atoms with van der Waals surface area (Å²) >= 11 is 6.96. The van der Waals surface area contributed by atoms with Gasteiger partial charge in [-0.1, -0.05) is 11.6 Å². The summed E-state index contributed by atoms with van der Waals surface area (Å²) in [5, 5.41) is 30.7. The molecule has 0 atom stereocenters. The number of esters is 1. The van der Waals surface area contributed by atoms with E-state index in [9.17, 15) is 19.8 Å². The summed E-state index contributed by atoms with van der Waals surface area (Å²) in [5.41, 5.74) is 0.706. The minimum Gasteiger partial charge on any atom is -0.508 e. The summed E-state index contributed by atoms with van der Waals surface area (Å²) in [6.45, 7) is 3.45. The Kier molecular flexibility index (Phi) is 6.88. The smallest absolute Gasteiger partial charge is 0.342 e. The van der Waals surface area contributed by atoms with Crippen LogP contribution in [0.15, 0.2) is 52.7 Å². The number of ether oxygens (including phenoxy) is 1. The van der Waals surface area contributed by atoms with Crippen molar-refractivity contribution in [2.24, 2.45) is 10.2 Å². The lowest BCUT2D eigenvalue weighted by molar-refractivity contribution is 0.0525. The number of thiophene rings is 1. The zero-order valence-electron chi connectivity index (χ0n) is 16.5. The van der Waals surface area contributed by atoms with E-state index < -0.39 is 11.9 Å². The Morgan fingerprint density at radius 3 is 2.45 bits per heavy atom. The molecule has 3 N–H and O–H groups in total. The normalized spacial score (nSPS) is 10.9. The van der Waals surface area contributed by atoms with Gasteiger partial charge in [0.2, 0.25) is 0 Å². The Balaban J connectivity index is 2.00. The number of halogens is 1. The second kappa shape index (κ2) is 9.59. The maximum atomic E-state index is 12.9. The van der Waals surface area contributed by atoms with Crippen LogP contribution in [0.25, 0.3) is 0 Å². The zero-order chi connectivity index (χ0) is 22.5. The maximum Gasteiger partial charge on any atom is 0.342 e. The first kappa shape index (κ1) is 22.3. The predicted octanol–water partition coefficient (Wildman–Crippen LogP) is 5.97. The maximum absolute atomic E-state index is 12.9. The number of nitrogens with zero attached hydrogens (tertiary/aromatic N) is 2. The second-order valence-electron chi connectivity index (χ2n) is 6.27. The molecule has 160 valence electrons. The molecular weight excluding hydrogens is 442 g/mol. The van der Waals surface area contributed by atoms with Crippen LogP contribution in [0.2, 0.25) is 5.02 Å². The second-order valence-corrected chi connectivity index (χ2v) is 7.91. The number of benzene rings is 2. The number of anilines is 1. The van der Waals surface area contributed by atoms with E-state index in [-0.39, 0.29) is 39.9 Å². The average Bonchev–Trinajstić information content (AvgIpc) is 3.05. The van der Waals surface area contributed by atoms with Gasteiger partial charge in [-0.15, -0.1) is 21.6 Å². The zero-order valence-corrected chi connectivity index (χ0v) is 18.1. The number of carbonyl (C=O) groups excluding carboxylic acids is 2. The van der Waals surface area contributed by atoms with Gasteiger partial charge in [0.25, 0.3) is 5.91 Å². The lowest BCUT2D eigenvalue weighted by Gasteiger charge is -2.08. The summed E-state index contributed by atoms with van der Waals surface area (Å²) in [4.78, 5) is 26.1. The van der Waals surface area contributed by atoms with Crippen LogP contribution >= 0.6 is 22.9 Å². The van der Waals surface area contributed by atoms with E-state index in [2.05, 4.69) is 15.5 Å². The van der Waals surface area contributed by atoms with Crippen LogP contribution in [0, 0.1) is 6.92 Å². The molecule has 0 fully saturated rings. The van der Waals surface area contributed by atoms with Crippen molar-refractivity contribution in [3.05, 3.63) is 63.5 Å². The molecule has 0 unspecified atom stereocenters. The third-order valence-electron chi connectivity index (χ3n) is 4.08. The van der Waals surface area contributed by atoms with Crippen LogP contribution in [0.4, 0.5) is 16.4 Å². The van der Waals surface area contributed by atoms with Crippen LogP contribution in [-0.2, 0) is 4.74 Å². The molecule has 0 aliphatic carbocycles. The van der Waals surface area contributed by atoms with Gasteiger partial charge < -0.3 is 20.3 Å². The Hall–Kier alpha value is -3.43. The number of amides is 1. The van der Waals surface area contributed by atoms with Crippen molar-refractivity contribution in [1.82, 2.24) is 0 Å². The highest BCUT2D eigenvalue weighted by molar-refractivity contribution is 7.16. The molecule has 0 bridgehead atoms. The first-order valence-corrected chi connectivity index (χ1v) is 10.3. The van der Waals surface area contributed by atoms with Gasteiger partial charge in [0.1, 0.15) is 22.7 Å².